The highest BCUT2D eigenvalue weighted by Crippen LogP contribution is 2.22. The third kappa shape index (κ3) is 4.48. The lowest BCUT2D eigenvalue weighted by Gasteiger charge is -2.14. The van der Waals surface area contributed by atoms with E-state index in [1.807, 2.05) is 0 Å². The van der Waals surface area contributed by atoms with Crippen LogP contribution in [-0.4, -0.2) is 24.8 Å². The molecule has 0 aliphatic rings. The maximum atomic E-state index is 13.9. The molecular weight excluding hydrogens is 325 g/mol. The Hall–Kier alpha value is -2.54. The Kier molecular flexibility index (Phi) is 5.81. The number of halogens is 3. The molecule has 24 heavy (non-hydrogen) atoms. The number of benzene rings is 2. The normalized spacial score (nSPS) is 11.9. The molecule has 1 N–H and O–H groups in total. The fraction of sp³-hybridized carbons (Fsp3) is 0.235. The Labute approximate surface area is 136 Å². The van der Waals surface area contributed by atoms with Crippen molar-refractivity contribution in [2.45, 2.75) is 12.5 Å². The number of aliphatic hydroxyl groups excluding tert-OH is 1. The molecule has 0 aliphatic carbocycles. The van der Waals surface area contributed by atoms with Gasteiger partial charge in [-0.1, -0.05) is 12.1 Å². The van der Waals surface area contributed by atoms with Crippen LogP contribution in [0.15, 0.2) is 36.4 Å². The Balaban J connectivity index is 2.00. The van der Waals surface area contributed by atoms with Crippen molar-refractivity contribution in [3.05, 3.63) is 65.0 Å². The molecule has 0 saturated carbocycles. The highest BCUT2D eigenvalue weighted by Gasteiger charge is 2.14. The monoisotopic (exact) mass is 340 g/mol. The van der Waals surface area contributed by atoms with Crippen molar-refractivity contribution in [3.63, 3.8) is 0 Å². The average molecular weight is 340 g/mol. The summed E-state index contributed by atoms with van der Waals surface area (Å²) in [6.45, 7) is -0.349. The number of carbonyl (C=O) groups excluding carboxylic acids is 1. The number of esters is 1. The first kappa shape index (κ1) is 17.8. The van der Waals surface area contributed by atoms with E-state index in [2.05, 4.69) is 4.74 Å². The molecule has 0 spiro atoms. The number of ether oxygens (including phenoxy) is 2. The number of methoxy groups -OCH3 is 1. The van der Waals surface area contributed by atoms with Gasteiger partial charge in [0.15, 0.2) is 23.2 Å². The molecule has 0 aliphatic heterocycles. The summed E-state index contributed by atoms with van der Waals surface area (Å²) in [5, 5.41) is 9.90. The van der Waals surface area contributed by atoms with Crippen molar-refractivity contribution in [2.75, 3.05) is 13.7 Å². The van der Waals surface area contributed by atoms with E-state index in [-0.39, 0.29) is 24.3 Å². The second-order valence-electron chi connectivity index (χ2n) is 5.02. The molecule has 0 heterocycles. The first-order valence-electron chi connectivity index (χ1n) is 7.01. The summed E-state index contributed by atoms with van der Waals surface area (Å²) < 4.78 is 49.5. The van der Waals surface area contributed by atoms with Gasteiger partial charge in [-0.3, -0.25) is 4.79 Å². The molecule has 2 aromatic carbocycles. The minimum absolute atomic E-state index is 0.0782. The quantitative estimate of drug-likeness (QED) is 0.822. The van der Waals surface area contributed by atoms with Crippen molar-refractivity contribution in [1.82, 2.24) is 0 Å². The average Bonchev–Trinajstić information content (AvgIpc) is 2.56. The van der Waals surface area contributed by atoms with Crippen LogP contribution < -0.4 is 4.74 Å². The lowest BCUT2D eigenvalue weighted by molar-refractivity contribution is -0.139. The van der Waals surface area contributed by atoms with Gasteiger partial charge in [-0.05, 0) is 35.4 Å². The first-order valence-corrected chi connectivity index (χ1v) is 7.01. The molecule has 0 aromatic heterocycles. The highest BCUT2D eigenvalue weighted by atomic mass is 19.2. The topological polar surface area (TPSA) is 55.8 Å². The Bertz CT molecular complexity index is 734. The lowest BCUT2D eigenvalue weighted by atomic mass is 10.1. The van der Waals surface area contributed by atoms with Crippen LogP contribution in [-0.2, 0) is 16.0 Å². The summed E-state index contributed by atoms with van der Waals surface area (Å²) in [7, 11) is 1.23. The van der Waals surface area contributed by atoms with Crippen molar-refractivity contribution in [3.8, 4) is 5.75 Å². The number of rotatable bonds is 6. The van der Waals surface area contributed by atoms with E-state index in [0.717, 1.165) is 18.2 Å². The molecule has 0 radical (unpaired) electrons. The number of hydrogen-bond donors (Lipinski definition) is 1. The number of hydrogen-bond acceptors (Lipinski definition) is 4. The zero-order valence-corrected chi connectivity index (χ0v) is 12.8. The predicted octanol–water partition coefficient (Wildman–Crippen LogP) is 2.93. The van der Waals surface area contributed by atoms with Crippen LogP contribution in [0.3, 0.4) is 0 Å². The minimum atomic E-state index is -1.26. The van der Waals surface area contributed by atoms with E-state index in [1.54, 1.807) is 0 Å². The number of aliphatic hydroxyl groups is 1. The van der Waals surface area contributed by atoms with E-state index in [0.29, 0.717) is 5.56 Å². The fourth-order valence-corrected chi connectivity index (χ4v) is 1.99. The molecule has 2 rings (SSSR count). The standard InChI is InChI=1S/C17H15F3O4/c1-23-17(22)7-10-2-5-16(14(20)6-10)24-9-15(21)11-3-4-12(18)13(19)8-11/h2-6,8,15,21H,7,9H2,1H3. The molecule has 4 nitrogen and oxygen atoms in total. The van der Waals surface area contributed by atoms with Crippen LogP contribution >= 0.6 is 0 Å². The largest absolute Gasteiger partial charge is 0.487 e. The number of carbonyl (C=O) groups is 1. The Morgan fingerprint density at radius 3 is 2.46 bits per heavy atom. The maximum Gasteiger partial charge on any atom is 0.309 e. The van der Waals surface area contributed by atoms with Crippen LogP contribution in [0.2, 0.25) is 0 Å². The van der Waals surface area contributed by atoms with E-state index >= 15 is 0 Å². The Morgan fingerprint density at radius 1 is 1.08 bits per heavy atom. The van der Waals surface area contributed by atoms with E-state index in [9.17, 15) is 23.1 Å². The molecule has 0 saturated heterocycles. The van der Waals surface area contributed by atoms with Gasteiger partial charge in [-0.2, -0.15) is 0 Å². The summed E-state index contributed by atoms with van der Waals surface area (Å²) in [6, 6.07) is 6.86. The summed E-state index contributed by atoms with van der Waals surface area (Å²) in [4.78, 5) is 11.1. The third-order valence-electron chi connectivity index (χ3n) is 3.30. The summed E-state index contributed by atoms with van der Waals surface area (Å²) in [5.41, 5.74) is 0.518. The zero-order valence-electron chi connectivity index (χ0n) is 12.8. The summed E-state index contributed by atoms with van der Waals surface area (Å²) >= 11 is 0. The van der Waals surface area contributed by atoms with E-state index < -0.39 is 29.5 Å². The van der Waals surface area contributed by atoms with Gasteiger partial charge in [-0.25, -0.2) is 13.2 Å². The molecule has 1 unspecified atom stereocenters. The van der Waals surface area contributed by atoms with Crippen LogP contribution in [0, 0.1) is 17.5 Å². The molecule has 0 amide bonds. The SMILES string of the molecule is COC(=O)Cc1ccc(OCC(O)c2ccc(F)c(F)c2)c(F)c1. The van der Waals surface area contributed by atoms with Crippen LogP contribution in [0.25, 0.3) is 0 Å². The summed E-state index contributed by atoms with van der Waals surface area (Å²) in [6.07, 6.45) is -1.33. The molecule has 7 heteroatoms. The van der Waals surface area contributed by atoms with E-state index in [1.165, 1.54) is 25.3 Å². The van der Waals surface area contributed by atoms with Gasteiger partial charge < -0.3 is 14.6 Å². The zero-order chi connectivity index (χ0) is 17.7. The lowest BCUT2D eigenvalue weighted by Crippen LogP contribution is -2.11. The van der Waals surface area contributed by atoms with Gasteiger partial charge in [-0.15, -0.1) is 0 Å². The third-order valence-corrected chi connectivity index (χ3v) is 3.30. The van der Waals surface area contributed by atoms with Gasteiger partial charge in [0.25, 0.3) is 0 Å². The van der Waals surface area contributed by atoms with Gasteiger partial charge in [0.2, 0.25) is 0 Å². The molecule has 0 bridgehead atoms. The molecule has 0 fully saturated rings. The van der Waals surface area contributed by atoms with Crippen LogP contribution in [0.4, 0.5) is 13.2 Å². The van der Waals surface area contributed by atoms with Crippen molar-refractivity contribution < 1.29 is 32.5 Å². The first-order chi connectivity index (χ1) is 11.4. The Morgan fingerprint density at radius 2 is 1.83 bits per heavy atom. The van der Waals surface area contributed by atoms with Crippen molar-refractivity contribution in [2.24, 2.45) is 0 Å². The summed E-state index contributed by atoms with van der Waals surface area (Å²) in [5.74, 6) is -3.47. The molecule has 2 aromatic rings. The van der Waals surface area contributed by atoms with Gasteiger partial charge in [0, 0.05) is 0 Å². The molecule has 128 valence electrons. The second-order valence-corrected chi connectivity index (χ2v) is 5.02. The smallest absolute Gasteiger partial charge is 0.309 e. The predicted molar refractivity (Wildman–Crippen MR) is 78.9 cm³/mol. The highest BCUT2D eigenvalue weighted by molar-refractivity contribution is 5.72. The second kappa shape index (κ2) is 7.83. The van der Waals surface area contributed by atoms with Gasteiger partial charge >= 0.3 is 5.97 Å². The minimum Gasteiger partial charge on any atom is -0.487 e. The van der Waals surface area contributed by atoms with Crippen LogP contribution in [0.1, 0.15) is 17.2 Å². The van der Waals surface area contributed by atoms with Gasteiger partial charge in [0.05, 0.1) is 13.5 Å². The van der Waals surface area contributed by atoms with Gasteiger partial charge in [0.1, 0.15) is 12.7 Å². The fourth-order valence-electron chi connectivity index (χ4n) is 1.99. The molecular formula is C17H15F3O4. The van der Waals surface area contributed by atoms with Crippen molar-refractivity contribution >= 4 is 5.97 Å². The van der Waals surface area contributed by atoms with E-state index in [4.69, 9.17) is 4.74 Å². The van der Waals surface area contributed by atoms with Crippen LogP contribution in [0.5, 0.6) is 5.75 Å². The van der Waals surface area contributed by atoms with Crippen molar-refractivity contribution in [1.29, 1.82) is 0 Å². The maximum absolute atomic E-state index is 13.9. The molecule has 1 atom stereocenters.